The van der Waals surface area contributed by atoms with Gasteiger partial charge in [-0.3, -0.25) is 20.1 Å². The molecule has 34 heavy (non-hydrogen) atoms. The molecule has 4 N–H and O–H groups in total. The van der Waals surface area contributed by atoms with Gasteiger partial charge in [-0.15, -0.1) is 0 Å². The third kappa shape index (κ3) is 8.83. The van der Waals surface area contributed by atoms with Crippen molar-refractivity contribution >= 4 is 17.8 Å². The van der Waals surface area contributed by atoms with Crippen LogP contribution in [0.4, 0.5) is 13.2 Å². The van der Waals surface area contributed by atoms with Crippen LogP contribution in [0.1, 0.15) is 24.5 Å². The molecule has 11 heteroatoms. The number of ether oxygens (including phenoxy) is 1. The quantitative estimate of drug-likeness (QED) is 0.222. The van der Waals surface area contributed by atoms with Gasteiger partial charge in [-0.2, -0.15) is 13.2 Å². The van der Waals surface area contributed by atoms with Gasteiger partial charge in [0.25, 0.3) is 5.91 Å². The maximum absolute atomic E-state index is 13.4. The zero-order valence-corrected chi connectivity index (χ0v) is 18.3. The van der Waals surface area contributed by atoms with Crippen LogP contribution in [-0.4, -0.2) is 47.3 Å². The zero-order chi connectivity index (χ0) is 25.1. The van der Waals surface area contributed by atoms with Crippen molar-refractivity contribution in [3.8, 4) is 0 Å². The van der Waals surface area contributed by atoms with E-state index >= 15 is 0 Å². The van der Waals surface area contributed by atoms with Crippen LogP contribution in [0.3, 0.4) is 0 Å². The topological polar surface area (TPSA) is 117 Å². The van der Waals surface area contributed by atoms with E-state index in [0.717, 1.165) is 6.92 Å². The zero-order valence-electron chi connectivity index (χ0n) is 18.3. The number of hydrogen-bond donors (Lipinski definition) is 4. The van der Waals surface area contributed by atoms with Crippen molar-refractivity contribution in [3.05, 3.63) is 71.8 Å². The van der Waals surface area contributed by atoms with E-state index in [1.807, 2.05) is 5.32 Å². The van der Waals surface area contributed by atoms with Crippen LogP contribution < -0.4 is 16.1 Å². The summed E-state index contributed by atoms with van der Waals surface area (Å²) in [5.41, 5.74) is 2.62. The van der Waals surface area contributed by atoms with Crippen molar-refractivity contribution in [2.45, 2.75) is 50.7 Å². The molecule has 2 aromatic rings. The van der Waals surface area contributed by atoms with E-state index in [0.29, 0.717) is 11.1 Å². The second-order valence-electron chi connectivity index (χ2n) is 7.57. The number of nitrogens with one attached hydrogen (secondary N) is 3. The highest BCUT2D eigenvalue weighted by Gasteiger charge is 2.42. The summed E-state index contributed by atoms with van der Waals surface area (Å²) in [7, 11) is 0. The molecule has 8 nitrogen and oxygen atoms in total. The summed E-state index contributed by atoms with van der Waals surface area (Å²) in [6.45, 7) is 1.03. The molecule has 3 atom stereocenters. The highest BCUT2D eigenvalue weighted by molar-refractivity contribution is 5.85. The molecule has 2 amide bonds. The largest absolute Gasteiger partial charge is 0.459 e. The number of amides is 2. The van der Waals surface area contributed by atoms with Gasteiger partial charge in [-0.25, -0.2) is 10.3 Å². The van der Waals surface area contributed by atoms with Gasteiger partial charge in [0.05, 0.1) is 12.5 Å². The lowest BCUT2D eigenvalue weighted by Gasteiger charge is -2.25. The SMILES string of the molecule is C[C@H](NC(CC(=O)N[C@@H](Cc1ccccc1)C(=O)OCc1ccccc1)C(F)(F)F)C(=O)NO. The number of hydroxylamine groups is 1. The number of hydrogen-bond acceptors (Lipinski definition) is 6. The van der Waals surface area contributed by atoms with E-state index in [4.69, 9.17) is 9.94 Å². The number of esters is 1. The van der Waals surface area contributed by atoms with Crippen molar-refractivity contribution < 1.29 is 37.5 Å². The first-order valence-corrected chi connectivity index (χ1v) is 10.4. The van der Waals surface area contributed by atoms with Crippen LogP contribution in [0.15, 0.2) is 60.7 Å². The highest BCUT2D eigenvalue weighted by Crippen LogP contribution is 2.23. The molecule has 184 valence electrons. The Morgan fingerprint density at radius 2 is 1.53 bits per heavy atom. The molecule has 0 spiro atoms. The minimum Gasteiger partial charge on any atom is -0.459 e. The third-order valence-electron chi connectivity index (χ3n) is 4.87. The molecule has 0 bridgehead atoms. The fraction of sp³-hybridized carbons (Fsp3) is 0.348. The average Bonchev–Trinajstić information content (AvgIpc) is 2.81. The summed E-state index contributed by atoms with van der Waals surface area (Å²) < 4.78 is 45.6. The lowest BCUT2D eigenvalue weighted by Crippen LogP contribution is -2.54. The van der Waals surface area contributed by atoms with Gasteiger partial charge in [0, 0.05) is 6.42 Å². The Bertz CT molecular complexity index is 942. The molecule has 2 rings (SSSR count). The van der Waals surface area contributed by atoms with Crippen LogP contribution in [0.25, 0.3) is 0 Å². The molecule has 1 unspecified atom stereocenters. The first-order valence-electron chi connectivity index (χ1n) is 10.4. The number of carbonyl (C=O) groups excluding carboxylic acids is 3. The fourth-order valence-electron chi connectivity index (χ4n) is 3.05. The Morgan fingerprint density at radius 1 is 0.971 bits per heavy atom. The van der Waals surface area contributed by atoms with E-state index in [9.17, 15) is 27.6 Å². The van der Waals surface area contributed by atoms with E-state index in [2.05, 4.69) is 5.32 Å². The summed E-state index contributed by atoms with van der Waals surface area (Å²) in [6.07, 6.45) is -5.96. The van der Waals surface area contributed by atoms with Gasteiger partial charge in [0.1, 0.15) is 18.7 Å². The molecule has 0 aliphatic rings. The van der Waals surface area contributed by atoms with Crippen LogP contribution in [0, 0.1) is 0 Å². The van der Waals surface area contributed by atoms with Gasteiger partial charge in [0.2, 0.25) is 5.91 Å². The van der Waals surface area contributed by atoms with E-state index < -0.39 is 48.5 Å². The third-order valence-corrected chi connectivity index (χ3v) is 4.87. The monoisotopic (exact) mass is 481 g/mol. The fourth-order valence-corrected chi connectivity index (χ4v) is 3.05. The second kappa shape index (κ2) is 12.7. The van der Waals surface area contributed by atoms with Crippen molar-refractivity contribution in [1.29, 1.82) is 0 Å². The average molecular weight is 481 g/mol. The molecule has 0 radical (unpaired) electrons. The van der Waals surface area contributed by atoms with Crippen LogP contribution in [-0.2, 0) is 32.1 Å². The van der Waals surface area contributed by atoms with Gasteiger partial charge < -0.3 is 10.1 Å². The van der Waals surface area contributed by atoms with Crippen molar-refractivity contribution in [2.75, 3.05) is 0 Å². The van der Waals surface area contributed by atoms with Gasteiger partial charge in [0.15, 0.2) is 0 Å². The predicted octanol–water partition coefficient (Wildman–Crippen LogP) is 2.26. The Hall–Kier alpha value is -3.44. The first-order chi connectivity index (χ1) is 16.1. The number of benzene rings is 2. The molecule has 0 aliphatic heterocycles. The molecule has 2 aromatic carbocycles. The Balaban J connectivity index is 2.10. The molecule has 0 saturated carbocycles. The summed E-state index contributed by atoms with van der Waals surface area (Å²) in [6, 6.07) is 12.3. The highest BCUT2D eigenvalue weighted by atomic mass is 19.4. The molecular weight excluding hydrogens is 455 g/mol. The smallest absolute Gasteiger partial charge is 0.404 e. The predicted molar refractivity (Wildman–Crippen MR) is 115 cm³/mol. The van der Waals surface area contributed by atoms with Gasteiger partial charge >= 0.3 is 12.1 Å². The summed E-state index contributed by atoms with van der Waals surface area (Å²) in [5.74, 6) is -2.96. The summed E-state index contributed by atoms with van der Waals surface area (Å²) >= 11 is 0. The van der Waals surface area contributed by atoms with E-state index in [-0.39, 0.29) is 13.0 Å². The Labute approximate surface area is 194 Å². The minimum absolute atomic E-state index is 0.00758. The van der Waals surface area contributed by atoms with Crippen molar-refractivity contribution in [2.24, 2.45) is 0 Å². The molecule has 0 aromatic heterocycles. The standard InChI is InChI=1S/C23H26F3N3O5/c1-15(21(31)29-33)27-19(23(24,25)26)13-20(30)28-18(12-16-8-4-2-5-9-16)22(32)34-14-17-10-6-3-7-11-17/h2-11,15,18-19,27,33H,12-14H2,1H3,(H,28,30)(H,29,31)/t15-,18-,19?/m0/s1. The van der Waals surface area contributed by atoms with Crippen LogP contribution in [0.2, 0.25) is 0 Å². The lowest BCUT2D eigenvalue weighted by atomic mass is 10.0. The maximum Gasteiger partial charge on any atom is 0.404 e. The summed E-state index contributed by atoms with van der Waals surface area (Å²) in [4.78, 5) is 36.5. The van der Waals surface area contributed by atoms with E-state index in [1.165, 1.54) is 5.48 Å². The lowest BCUT2D eigenvalue weighted by molar-refractivity contribution is -0.165. The normalized spacial score (nSPS) is 13.9. The van der Waals surface area contributed by atoms with Crippen LogP contribution in [0.5, 0.6) is 0 Å². The minimum atomic E-state index is -4.87. The summed E-state index contributed by atoms with van der Waals surface area (Å²) in [5, 5.41) is 12.9. The molecule has 0 heterocycles. The number of halogens is 3. The van der Waals surface area contributed by atoms with Crippen molar-refractivity contribution in [1.82, 2.24) is 16.1 Å². The molecular formula is C23H26F3N3O5. The Kier molecular flexibility index (Phi) is 10.0. The van der Waals surface area contributed by atoms with Gasteiger partial charge in [-0.05, 0) is 18.1 Å². The first kappa shape index (κ1) is 26.8. The maximum atomic E-state index is 13.4. The Morgan fingerprint density at radius 3 is 2.06 bits per heavy atom. The van der Waals surface area contributed by atoms with Crippen LogP contribution >= 0.6 is 0 Å². The number of rotatable bonds is 11. The number of carbonyl (C=O) groups is 3. The molecule has 0 saturated heterocycles. The van der Waals surface area contributed by atoms with Crippen molar-refractivity contribution in [3.63, 3.8) is 0 Å². The van der Waals surface area contributed by atoms with E-state index in [1.54, 1.807) is 60.7 Å². The second-order valence-corrected chi connectivity index (χ2v) is 7.57. The number of alkyl halides is 3. The molecule has 0 fully saturated rings. The molecule has 0 aliphatic carbocycles. The van der Waals surface area contributed by atoms with Gasteiger partial charge in [-0.1, -0.05) is 60.7 Å².